The van der Waals surface area contributed by atoms with Crippen LogP contribution in [0.5, 0.6) is 11.5 Å². The van der Waals surface area contributed by atoms with Crippen molar-refractivity contribution in [2.75, 3.05) is 17.0 Å². The summed E-state index contributed by atoms with van der Waals surface area (Å²) in [7, 11) is -3.57. The molecule has 0 unspecified atom stereocenters. The molecule has 0 aliphatic heterocycles. The summed E-state index contributed by atoms with van der Waals surface area (Å²) in [5.74, 6) is 0.00642. The number of ether oxygens (including phenoxy) is 1. The quantitative estimate of drug-likeness (QED) is 0.301. The molecular formula is C27H28FN3O5S2. The molecule has 2 aromatic carbocycles. The number of nitrogens with zero attached hydrogens (tertiary/aromatic N) is 1. The number of aromatic nitrogens is 1. The van der Waals surface area contributed by atoms with E-state index in [-0.39, 0.29) is 22.9 Å². The molecule has 0 radical (unpaired) electrons. The summed E-state index contributed by atoms with van der Waals surface area (Å²) in [6.07, 6.45) is 1.63. The number of thiophene rings is 1. The summed E-state index contributed by atoms with van der Waals surface area (Å²) in [5, 5.41) is 2.75. The number of amides is 1. The van der Waals surface area contributed by atoms with Gasteiger partial charge < -0.3 is 14.6 Å². The van der Waals surface area contributed by atoms with Gasteiger partial charge in [0.15, 0.2) is 5.75 Å². The van der Waals surface area contributed by atoms with Crippen molar-refractivity contribution >= 4 is 43.2 Å². The molecule has 8 nitrogen and oxygen atoms in total. The fraction of sp³-hybridized carbons (Fsp3) is 0.259. The zero-order chi connectivity index (χ0) is 27.8. The lowest BCUT2D eigenvalue weighted by Gasteiger charge is -2.19. The Bertz CT molecular complexity index is 1700. The van der Waals surface area contributed by atoms with Gasteiger partial charge in [0.2, 0.25) is 15.5 Å². The van der Waals surface area contributed by atoms with Crippen LogP contribution in [0, 0.1) is 26.6 Å². The van der Waals surface area contributed by atoms with E-state index in [1.54, 1.807) is 62.7 Å². The Kier molecular flexibility index (Phi) is 7.61. The Morgan fingerprint density at radius 1 is 1.05 bits per heavy atom. The molecule has 11 heteroatoms. The van der Waals surface area contributed by atoms with Crippen LogP contribution in [0.15, 0.2) is 47.4 Å². The summed E-state index contributed by atoms with van der Waals surface area (Å²) in [6.45, 7) is 8.90. The van der Waals surface area contributed by atoms with Gasteiger partial charge in [-0.15, -0.1) is 11.3 Å². The molecule has 4 aromatic rings. The molecule has 0 spiro atoms. The van der Waals surface area contributed by atoms with Gasteiger partial charge in [0, 0.05) is 18.3 Å². The number of rotatable bonds is 8. The Morgan fingerprint density at radius 2 is 1.74 bits per heavy atom. The molecule has 4 rings (SSSR count). The van der Waals surface area contributed by atoms with Crippen molar-refractivity contribution < 1.29 is 22.3 Å². The van der Waals surface area contributed by atoms with Gasteiger partial charge in [-0.25, -0.2) is 12.8 Å². The van der Waals surface area contributed by atoms with Gasteiger partial charge in [-0.2, -0.15) is 0 Å². The van der Waals surface area contributed by atoms with E-state index >= 15 is 0 Å². The van der Waals surface area contributed by atoms with Crippen molar-refractivity contribution in [1.82, 2.24) is 9.88 Å². The van der Waals surface area contributed by atoms with Gasteiger partial charge >= 0.3 is 0 Å². The average molecular weight is 558 g/mol. The fourth-order valence-corrected chi connectivity index (χ4v) is 5.76. The van der Waals surface area contributed by atoms with Gasteiger partial charge in [0.1, 0.15) is 11.6 Å². The zero-order valence-electron chi connectivity index (χ0n) is 21.6. The molecule has 0 saturated carbocycles. The molecule has 200 valence electrons. The van der Waals surface area contributed by atoms with E-state index in [0.717, 1.165) is 11.3 Å². The van der Waals surface area contributed by atoms with Gasteiger partial charge in [0.05, 0.1) is 32.2 Å². The molecule has 2 N–H and O–H groups in total. The van der Waals surface area contributed by atoms with E-state index in [9.17, 15) is 22.4 Å². The van der Waals surface area contributed by atoms with Crippen molar-refractivity contribution in [2.24, 2.45) is 0 Å². The van der Waals surface area contributed by atoms with Crippen LogP contribution in [0.4, 0.5) is 10.1 Å². The fourth-order valence-electron chi connectivity index (χ4n) is 4.06. The molecule has 0 aliphatic carbocycles. The van der Waals surface area contributed by atoms with Crippen LogP contribution in [0.1, 0.15) is 40.2 Å². The van der Waals surface area contributed by atoms with Gasteiger partial charge in [-0.3, -0.25) is 14.3 Å². The molecule has 0 aliphatic rings. The maximum atomic E-state index is 13.9. The predicted molar refractivity (Wildman–Crippen MR) is 149 cm³/mol. The summed E-state index contributed by atoms with van der Waals surface area (Å²) >= 11 is 1.09. The van der Waals surface area contributed by atoms with Crippen molar-refractivity contribution in [3.05, 3.63) is 80.2 Å². The largest absolute Gasteiger partial charge is 0.455 e. The third kappa shape index (κ3) is 5.44. The van der Waals surface area contributed by atoms with Crippen molar-refractivity contribution in [3.63, 3.8) is 0 Å². The molecule has 1 amide bonds. The Morgan fingerprint density at radius 3 is 2.37 bits per heavy atom. The molecule has 2 heterocycles. The second-order valence-electron chi connectivity index (χ2n) is 8.85. The number of hydrogen-bond donors (Lipinski definition) is 2. The minimum atomic E-state index is -3.57. The topological polar surface area (TPSA) is 107 Å². The number of benzene rings is 2. The molecule has 0 saturated heterocycles. The highest BCUT2D eigenvalue weighted by atomic mass is 32.2. The lowest BCUT2D eigenvalue weighted by molar-refractivity contribution is 0.0960. The first-order chi connectivity index (χ1) is 17.9. The van der Waals surface area contributed by atoms with Gasteiger partial charge in [-0.05, 0) is 82.1 Å². The van der Waals surface area contributed by atoms with E-state index < -0.39 is 10.0 Å². The zero-order valence-corrected chi connectivity index (χ0v) is 23.3. The summed E-state index contributed by atoms with van der Waals surface area (Å²) in [4.78, 5) is 25.9. The lowest BCUT2D eigenvalue weighted by Crippen LogP contribution is -2.21. The maximum Gasteiger partial charge on any atom is 0.261 e. The van der Waals surface area contributed by atoms with Crippen molar-refractivity contribution in [1.29, 1.82) is 0 Å². The number of carbonyl (C=O) groups is 1. The van der Waals surface area contributed by atoms with Crippen LogP contribution in [0.3, 0.4) is 0 Å². The molecule has 0 fully saturated rings. The maximum absolute atomic E-state index is 13.9. The van der Waals surface area contributed by atoms with Crippen LogP contribution in [0.2, 0.25) is 0 Å². The normalized spacial score (nSPS) is 11.5. The number of pyridine rings is 1. The first-order valence-electron chi connectivity index (χ1n) is 12.0. The van der Waals surface area contributed by atoms with E-state index in [0.29, 0.717) is 61.2 Å². The van der Waals surface area contributed by atoms with E-state index in [1.165, 1.54) is 19.1 Å². The molecule has 0 atom stereocenters. The van der Waals surface area contributed by atoms with E-state index in [1.807, 2.05) is 0 Å². The highest BCUT2D eigenvalue weighted by molar-refractivity contribution is 7.92. The molecule has 0 bridgehead atoms. The summed E-state index contributed by atoms with van der Waals surface area (Å²) < 4.78 is 49.4. The number of halogens is 1. The summed E-state index contributed by atoms with van der Waals surface area (Å²) in [5.41, 5.74) is 2.59. The van der Waals surface area contributed by atoms with E-state index in [4.69, 9.17) is 4.74 Å². The number of aryl methyl sites for hydroxylation is 3. The number of fused-ring (bicyclic) bond motifs is 1. The van der Waals surface area contributed by atoms with Crippen LogP contribution in [-0.4, -0.2) is 31.2 Å². The van der Waals surface area contributed by atoms with Crippen LogP contribution >= 0.6 is 11.3 Å². The Hall–Kier alpha value is -3.70. The Labute approximate surface area is 224 Å². The first kappa shape index (κ1) is 27.3. The molecule has 2 aromatic heterocycles. The SMILES string of the molecule is CCNC(=O)c1cc2c(s1)c(=O)c(C)cn2-c1cc(NS(=O)(=O)CC)ccc1Oc1c(C)cc(F)cc1C. The second-order valence-corrected chi connectivity index (χ2v) is 11.9. The number of nitrogens with one attached hydrogen (secondary N) is 2. The minimum Gasteiger partial charge on any atom is -0.455 e. The number of anilines is 1. The first-order valence-corrected chi connectivity index (χ1v) is 14.4. The standard InChI is InChI=1S/C27H28FN3O5S2/c1-6-29-27(33)23-13-21-26(37-23)24(32)17(5)14-31(21)20-12-19(30-38(34,35)7-2)8-9-22(20)36-25-15(3)10-18(28)11-16(25)4/h8-14,30H,6-7H2,1-5H3,(H,29,33). The monoisotopic (exact) mass is 557 g/mol. The number of carbonyl (C=O) groups excluding carboxylic acids is 1. The van der Waals surface area contributed by atoms with Gasteiger partial charge in [0.25, 0.3) is 5.91 Å². The van der Waals surface area contributed by atoms with Gasteiger partial charge in [-0.1, -0.05) is 0 Å². The third-order valence-electron chi connectivity index (χ3n) is 5.93. The van der Waals surface area contributed by atoms with Crippen molar-refractivity contribution in [3.8, 4) is 17.2 Å². The van der Waals surface area contributed by atoms with Crippen LogP contribution in [0.25, 0.3) is 15.9 Å². The number of hydrogen-bond acceptors (Lipinski definition) is 6. The van der Waals surface area contributed by atoms with E-state index in [2.05, 4.69) is 10.0 Å². The molecular weight excluding hydrogens is 529 g/mol. The Balaban J connectivity index is 1.98. The third-order valence-corrected chi connectivity index (χ3v) is 8.36. The van der Waals surface area contributed by atoms with Crippen molar-refractivity contribution in [2.45, 2.75) is 34.6 Å². The highest BCUT2D eigenvalue weighted by Crippen LogP contribution is 2.37. The second kappa shape index (κ2) is 10.6. The number of sulfonamides is 1. The predicted octanol–water partition coefficient (Wildman–Crippen LogP) is 5.42. The average Bonchev–Trinajstić information content (AvgIpc) is 3.30. The smallest absolute Gasteiger partial charge is 0.261 e. The summed E-state index contributed by atoms with van der Waals surface area (Å²) in [6, 6.07) is 9.15. The lowest BCUT2D eigenvalue weighted by atomic mass is 10.1. The molecule has 38 heavy (non-hydrogen) atoms. The highest BCUT2D eigenvalue weighted by Gasteiger charge is 2.20. The van der Waals surface area contributed by atoms with Crippen LogP contribution in [-0.2, 0) is 10.0 Å². The van der Waals surface area contributed by atoms with Crippen LogP contribution < -0.4 is 20.2 Å². The minimum absolute atomic E-state index is 0.115.